The molecule has 220 valence electrons. The summed E-state index contributed by atoms with van der Waals surface area (Å²) in [6.45, 7) is 5.19. The Morgan fingerprint density at radius 3 is 2.27 bits per heavy atom. The molecular formula is C29H37F3N8O. The molecule has 3 aliphatic rings. The molecule has 12 heteroatoms. The van der Waals surface area contributed by atoms with Crippen LogP contribution < -0.4 is 11.5 Å². The number of carbonyl (C=O) groups is 1. The lowest BCUT2D eigenvalue weighted by Crippen LogP contribution is -2.53. The van der Waals surface area contributed by atoms with E-state index >= 15 is 0 Å². The number of fused-ring (bicyclic) bond motifs is 3. The molecule has 0 spiro atoms. The first-order chi connectivity index (χ1) is 19.5. The van der Waals surface area contributed by atoms with Gasteiger partial charge in [-0.05, 0) is 68.8 Å². The predicted molar refractivity (Wildman–Crippen MR) is 154 cm³/mol. The molecule has 9 nitrogen and oxygen atoms in total. The molecular weight excluding hydrogens is 533 g/mol. The fraction of sp³-hybridized carbons (Fsp3) is 0.517. The quantitative estimate of drug-likeness (QED) is 0.322. The molecule has 41 heavy (non-hydrogen) atoms. The van der Waals surface area contributed by atoms with Gasteiger partial charge in [0.05, 0.1) is 11.2 Å². The summed E-state index contributed by atoms with van der Waals surface area (Å²) in [5.41, 5.74) is 11.9. The minimum absolute atomic E-state index is 0.0246. The van der Waals surface area contributed by atoms with E-state index in [9.17, 15) is 18.0 Å². The molecule has 1 aliphatic carbocycles. The number of hydrogen-bond donors (Lipinski definition) is 4. The molecule has 0 bridgehead atoms. The Balaban J connectivity index is 1.47. The molecule has 2 saturated heterocycles. The second-order valence-electron chi connectivity index (χ2n) is 11.2. The third kappa shape index (κ3) is 5.54. The van der Waals surface area contributed by atoms with Crippen LogP contribution in [0.15, 0.2) is 18.3 Å². The Kier molecular flexibility index (Phi) is 8.06. The number of hydrogen-bond acceptors (Lipinski definition) is 8. The van der Waals surface area contributed by atoms with Crippen LogP contribution in [0.3, 0.4) is 0 Å². The molecule has 2 aliphatic heterocycles. The number of nitrogens with zero attached hydrogens (tertiary/aromatic N) is 4. The zero-order valence-electron chi connectivity index (χ0n) is 23.3. The van der Waals surface area contributed by atoms with E-state index in [4.69, 9.17) is 22.3 Å². The van der Waals surface area contributed by atoms with E-state index in [1.807, 2.05) is 0 Å². The number of halogens is 3. The molecule has 0 atom stereocenters. The van der Waals surface area contributed by atoms with Gasteiger partial charge in [-0.25, -0.2) is 4.98 Å². The van der Waals surface area contributed by atoms with Gasteiger partial charge in [0.1, 0.15) is 11.4 Å². The maximum atomic E-state index is 13.6. The second kappa shape index (κ2) is 11.4. The van der Waals surface area contributed by atoms with E-state index < -0.39 is 23.4 Å². The first kappa shape index (κ1) is 29.0. The molecule has 0 saturated carbocycles. The maximum absolute atomic E-state index is 13.6. The number of anilines is 1. The van der Waals surface area contributed by atoms with Crippen molar-refractivity contribution in [2.45, 2.75) is 50.7 Å². The highest BCUT2D eigenvalue weighted by atomic mass is 19.4. The Bertz CT molecular complexity index is 1400. The van der Waals surface area contributed by atoms with Crippen molar-refractivity contribution in [3.63, 3.8) is 0 Å². The fourth-order valence-corrected chi connectivity index (χ4v) is 6.45. The molecule has 0 radical (unpaired) electrons. The molecule has 1 aromatic heterocycles. The number of likely N-dealkylation sites (N-methyl/N-ethyl adjacent to an activating group) is 1. The Morgan fingerprint density at radius 2 is 1.66 bits per heavy atom. The lowest BCUT2D eigenvalue weighted by molar-refractivity contribution is -0.125. The Hall–Kier alpha value is -3.51. The van der Waals surface area contributed by atoms with E-state index in [0.29, 0.717) is 48.4 Å². The summed E-state index contributed by atoms with van der Waals surface area (Å²) in [5, 5.41) is 17.2. The van der Waals surface area contributed by atoms with Crippen molar-refractivity contribution in [3.8, 4) is 0 Å². The zero-order chi connectivity index (χ0) is 29.5. The first-order valence-corrected chi connectivity index (χ1v) is 14.1. The van der Waals surface area contributed by atoms with Crippen LogP contribution in [-0.2, 0) is 17.6 Å². The number of carbonyl (C=O) groups excluding carboxylic acids is 1. The number of alkyl halides is 3. The number of piperazine rings is 1. The molecule has 2 fully saturated rings. The van der Waals surface area contributed by atoms with E-state index in [1.54, 1.807) is 11.0 Å². The highest BCUT2D eigenvalue weighted by Gasteiger charge is 2.39. The van der Waals surface area contributed by atoms with Crippen molar-refractivity contribution in [1.29, 1.82) is 10.8 Å². The van der Waals surface area contributed by atoms with Crippen molar-refractivity contribution in [3.05, 3.63) is 40.7 Å². The van der Waals surface area contributed by atoms with Gasteiger partial charge in [0.25, 0.3) is 5.91 Å². The minimum Gasteiger partial charge on any atom is -0.404 e. The normalized spacial score (nSPS) is 19.8. The molecule has 1 aromatic carbocycles. The van der Waals surface area contributed by atoms with Crippen LogP contribution in [0.5, 0.6) is 0 Å². The van der Waals surface area contributed by atoms with Gasteiger partial charge in [0.15, 0.2) is 0 Å². The highest BCUT2D eigenvalue weighted by Crippen LogP contribution is 2.38. The van der Waals surface area contributed by atoms with Crippen LogP contribution >= 0.6 is 0 Å². The second-order valence-corrected chi connectivity index (χ2v) is 11.2. The highest BCUT2D eigenvalue weighted by molar-refractivity contribution is 6.47. The van der Waals surface area contributed by atoms with Crippen LogP contribution in [0.25, 0.3) is 16.5 Å². The number of aryl methyl sites for hydroxylation is 1. The molecule has 5 rings (SSSR count). The van der Waals surface area contributed by atoms with Crippen molar-refractivity contribution >= 4 is 39.5 Å². The molecule has 2 aromatic rings. The fourth-order valence-electron chi connectivity index (χ4n) is 6.45. The number of pyridine rings is 1. The molecule has 6 N–H and O–H groups in total. The summed E-state index contributed by atoms with van der Waals surface area (Å²) in [4.78, 5) is 24.7. The molecule has 1 amide bonds. The summed E-state index contributed by atoms with van der Waals surface area (Å²) in [7, 11) is 2.12. The molecule has 0 unspecified atom stereocenters. The standard InChI is InChI=1S/C29H37F3N8O/c1-38-12-14-39(15-13-38)17-8-10-40(11-9-17)28(41)25(35)24-21(34)6-7-22-23(24)18-4-2-3-5-19(18)26(37-22)20(16-33)27(36)29(30,31)32/h6-7,16-17,35-36H,2-5,8-15,33-34H2,1H3/b20-16-,35-25?,36-27?. The van der Waals surface area contributed by atoms with E-state index in [2.05, 4.69) is 21.8 Å². The van der Waals surface area contributed by atoms with Gasteiger partial charge >= 0.3 is 6.18 Å². The van der Waals surface area contributed by atoms with Crippen LogP contribution in [0.1, 0.15) is 48.1 Å². The third-order valence-corrected chi connectivity index (χ3v) is 8.75. The van der Waals surface area contributed by atoms with Crippen LogP contribution in [-0.4, -0.2) is 95.5 Å². The van der Waals surface area contributed by atoms with Crippen LogP contribution in [0.4, 0.5) is 18.9 Å². The van der Waals surface area contributed by atoms with Crippen molar-refractivity contribution < 1.29 is 18.0 Å². The summed E-state index contributed by atoms with van der Waals surface area (Å²) in [5.74, 6) is -0.406. The maximum Gasteiger partial charge on any atom is 0.433 e. The number of likely N-dealkylation sites (tertiary alicyclic amines) is 1. The van der Waals surface area contributed by atoms with Gasteiger partial charge in [-0.1, -0.05) is 0 Å². The van der Waals surface area contributed by atoms with Gasteiger partial charge in [-0.3, -0.25) is 20.5 Å². The number of nitrogen functional groups attached to an aromatic ring is 1. The van der Waals surface area contributed by atoms with Gasteiger partial charge in [0.2, 0.25) is 0 Å². The summed E-state index contributed by atoms with van der Waals surface area (Å²) < 4.78 is 40.5. The number of rotatable bonds is 5. The summed E-state index contributed by atoms with van der Waals surface area (Å²) >= 11 is 0. The number of nitrogens with one attached hydrogen (secondary N) is 2. The van der Waals surface area contributed by atoms with Gasteiger partial charge in [0, 0.05) is 73.7 Å². The lowest BCUT2D eigenvalue weighted by Gasteiger charge is -2.42. The van der Waals surface area contributed by atoms with Crippen LogP contribution in [0.2, 0.25) is 0 Å². The number of benzene rings is 1. The Labute approximate surface area is 237 Å². The van der Waals surface area contributed by atoms with E-state index in [1.165, 1.54) is 6.07 Å². The monoisotopic (exact) mass is 570 g/mol. The number of amides is 1. The van der Waals surface area contributed by atoms with Crippen molar-refractivity contribution in [2.75, 3.05) is 52.0 Å². The first-order valence-electron chi connectivity index (χ1n) is 14.1. The SMILES string of the molecule is CN1CCN(C2CCN(C(=O)C(=N)c3c(N)ccc4nc(/C(=C/N)C(=N)C(F)(F)F)c5c(c34)CCCC5)CC2)CC1. The van der Waals surface area contributed by atoms with Gasteiger partial charge < -0.3 is 21.3 Å². The average molecular weight is 571 g/mol. The smallest absolute Gasteiger partial charge is 0.404 e. The van der Waals surface area contributed by atoms with E-state index in [-0.39, 0.29) is 22.7 Å². The van der Waals surface area contributed by atoms with Gasteiger partial charge in [-0.15, -0.1) is 0 Å². The third-order valence-electron chi connectivity index (χ3n) is 8.75. The summed E-state index contributed by atoms with van der Waals surface area (Å²) in [6.07, 6.45) is 0.0928. The molecule has 3 heterocycles. The van der Waals surface area contributed by atoms with E-state index in [0.717, 1.165) is 63.6 Å². The lowest BCUT2D eigenvalue weighted by atomic mass is 9.83. The average Bonchev–Trinajstić information content (AvgIpc) is 2.97. The minimum atomic E-state index is -4.89. The van der Waals surface area contributed by atoms with Crippen molar-refractivity contribution in [1.82, 2.24) is 19.7 Å². The van der Waals surface area contributed by atoms with Gasteiger partial charge in [-0.2, -0.15) is 13.2 Å². The topological polar surface area (TPSA) is 139 Å². The number of allylic oxidation sites excluding steroid dienone is 1. The number of nitrogens with two attached hydrogens (primary N) is 2. The summed E-state index contributed by atoms with van der Waals surface area (Å²) in [6, 6.07) is 3.54. The number of piperidine rings is 1. The van der Waals surface area contributed by atoms with Crippen LogP contribution in [0, 0.1) is 10.8 Å². The zero-order valence-corrected chi connectivity index (χ0v) is 23.3. The van der Waals surface area contributed by atoms with Crippen molar-refractivity contribution in [2.24, 2.45) is 5.73 Å². The Morgan fingerprint density at radius 1 is 1.02 bits per heavy atom. The predicted octanol–water partition coefficient (Wildman–Crippen LogP) is 3.18. The number of aromatic nitrogens is 1. The largest absolute Gasteiger partial charge is 0.433 e.